The summed E-state index contributed by atoms with van der Waals surface area (Å²) in [5.74, 6) is 0.348. The third kappa shape index (κ3) is 5.99. The topological polar surface area (TPSA) is 109 Å². The van der Waals surface area contributed by atoms with Crippen molar-refractivity contribution in [3.8, 4) is 0 Å². The molecule has 3 aromatic heterocycles. The van der Waals surface area contributed by atoms with E-state index >= 15 is 0 Å². The Hall–Kier alpha value is -4.25. The van der Waals surface area contributed by atoms with E-state index in [9.17, 15) is 13.2 Å². The first-order valence-corrected chi connectivity index (χ1v) is 14.2. The van der Waals surface area contributed by atoms with Crippen molar-refractivity contribution in [2.24, 2.45) is 5.10 Å². The van der Waals surface area contributed by atoms with Crippen LogP contribution < -0.4 is 5.43 Å². The molecule has 0 aliphatic carbocycles. The molecule has 0 aliphatic heterocycles. The number of halogens is 1. The van der Waals surface area contributed by atoms with Crippen LogP contribution in [-0.2, 0) is 23.1 Å². The van der Waals surface area contributed by atoms with Gasteiger partial charge in [0.2, 0.25) is 10.0 Å². The van der Waals surface area contributed by atoms with Gasteiger partial charge >= 0.3 is 0 Å². The van der Waals surface area contributed by atoms with Crippen LogP contribution in [0.4, 0.5) is 0 Å². The van der Waals surface area contributed by atoms with E-state index in [-0.39, 0.29) is 18.0 Å². The summed E-state index contributed by atoms with van der Waals surface area (Å²) in [4.78, 5) is 17.4. The first-order chi connectivity index (χ1) is 19.2. The van der Waals surface area contributed by atoms with E-state index < -0.39 is 15.9 Å². The minimum atomic E-state index is -3.87. The lowest BCUT2D eigenvalue weighted by Gasteiger charge is -2.21. The number of imidazole rings is 1. The van der Waals surface area contributed by atoms with Gasteiger partial charge < -0.3 is 4.42 Å². The summed E-state index contributed by atoms with van der Waals surface area (Å²) < 4.78 is 35.9. The van der Waals surface area contributed by atoms with Gasteiger partial charge in [-0.15, -0.1) is 0 Å². The summed E-state index contributed by atoms with van der Waals surface area (Å²) in [6.45, 7) is 3.83. The Balaban J connectivity index is 1.32. The van der Waals surface area contributed by atoms with Crippen molar-refractivity contribution in [3.63, 3.8) is 0 Å². The van der Waals surface area contributed by atoms with Gasteiger partial charge in [0.15, 0.2) is 0 Å². The smallest absolute Gasteiger partial charge is 0.290 e. The predicted molar refractivity (Wildman–Crippen MR) is 153 cm³/mol. The summed E-state index contributed by atoms with van der Waals surface area (Å²) >= 11 is 5.97. The number of hydrogen-bond acceptors (Lipinski definition) is 6. The minimum absolute atomic E-state index is 0.0135. The molecule has 2 aromatic carbocycles. The number of aromatic nitrogens is 2. The first-order valence-electron chi connectivity index (χ1n) is 12.4. The van der Waals surface area contributed by atoms with E-state index in [0.29, 0.717) is 33.6 Å². The van der Waals surface area contributed by atoms with Gasteiger partial charge in [0.05, 0.1) is 23.3 Å². The molecule has 0 bridgehead atoms. The third-order valence-electron chi connectivity index (χ3n) is 6.18. The highest BCUT2D eigenvalue weighted by atomic mass is 35.5. The monoisotopic (exact) mass is 575 g/mol. The third-order valence-corrected chi connectivity index (χ3v) is 8.24. The maximum atomic E-state index is 13.5. The van der Waals surface area contributed by atoms with Crippen molar-refractivity contribution < 1.29 is 17.6 Å². The number of rotatable bonds is 9. The lowest BCUT2D eigenvalue weighted by atomic mass is 10.2. The van der Waals surface area contributed by atoms with Crippen molar-refractivity contribution in [1.82, 2.24) is 19.1 Å². The summed E-state index contributed by atoms with van der Waals surface area (Å²) in [7, 11) is -3.87. The van der Waals surface area contributed by atoms with Gasteiger partial charge in [-0.05, 0) is 67.4 Å². The molecule has 204 valence electrons. The van der Waals surface area contributed by atoms with Crippen LogP contribution in [0, 0.1) is 13.8 Å². The Labute approximate surface area is 236 Å². The van der Waals surface area contributed by atoms with Crippen LogP contribution in [0.3, 0.4) is 0 Å². The highest BCUT2D eigenvalue weighted by Crippen LogP contribution is 2.23. The Kier molecular flexibility index (Phi) is 7.83. The van der Waals surface area contributed by atoms with Crippen LogP contribution in [0.25, 0.3) is 5.65 Å². The second kappa shape index (κ2) is 11.5. The molecule has 5 rings (SSSR count). The molecule has 0 spiro atoms. The molecule has 0 aliphatic rings. The molecule has 11 heteroatoms. The Bertz CT molecular complexity index is 1800. The highest BCUT2D eigenvalue weighted by Gasteiger charge is 2.26. The van der Waals surface area contributed by atoms with Crippen LogP contribution in [0.2, 0.25) is 5.02 Å². The molecule has 0 saturated carbocycles. The van der Waals surface area contributed by atoms with Crippen LogP contribution in [-0.4, -0.2) is 34.2 Å². The Morgan fingerprint density at radius 2 is 1.77 bits per heavy atom. The van der Waals surface area contributed by atoms with E-state index in [0.717, 1.165) is 11.1 Å². The predicted octanol–water partition coefficient (Wildman–Crippen LogP) is 5.35. The van der Waals surface area contributed by atoms with Gasteiger partial charge in [-0.1, -0.05) is 48.0 Å². The number of pyridine rings is 1. The van der Waals surface area contributed by atoms with Crippen molar-refractivity contribution >= 4 is 39.4 Å². The first kappa shape index (κ1) is 27.3. The molecular formula is C29H26ClN5O4S. The average Bonchev–Trinajstić information content (AvgIpc) is 3.51. The zero-order valence-corrected chi connectivity index (χ0v) is 23.4. The van der Waals surface area contributed by atoms with Gasteiger partial charge in [0.1, 0.15) is 22.9 Å². The number of aryl methyl sites for hydroxylation is 2. The van der Waals surface area contributed by atoms with E-state index in [4.69, 9.17) is 16.0 Å². The van der Waals surface area contributed by atoms with Crippen LogP contribution >= 0.6 is 11.6 Å². The number of nitrogens with zero attached hydrogens (tertiary/aromatic N) is 4. The molecule has 40 heavy (non-hydrogen) atoms. The minimum Gasteiger partial charge on any atom is -0.459 e. The molecule has 0 radical (unpaired) electrons. The number of amides is 1. The van der Waals surface area contributed by atoms with Crippen LogP contribution in [0.5, 0.6) is 0 Å². The lowest BCUT2D eigenvalue weighted by molar-refractivity contribution is 0.0948. The fourth-order valence-electron chi connectivity index (χ4n) is 4.24. The number of furan rings is 1. The van der Waals surface area contributed by atoms with Crippen LogP contribution in [0.15, 0.2) is 99.5 Å². The SMILES string of the molecule is Cc1ccc2nc(C)c(C(=O)N/N=C/c3ccc(CN(Cc4ccccc4)S(=O)(=O)c4ccc(Cl)cc4)o3)n2c1. The molecule has 5 aromatic rings. The lowest BCUT2D eigenvalue weighted by Crippen LogP contribution is -2.30. The fourth-order valence-corrected chi connectivity index (χ4v) is 5.76. The van der Waals surface area contributed by atoms with Gasteiger partial charge in [-0.3, -0.25) is 9.20 Å². The summed E-state index contributed by atoms with van der Waals surface area (Å²) in [6.07, 6.45) is 3.20. The van der Waals surface area contributed by atoms with Crippen molar-refractivity contribution in [2.45, 2.75) is 31.8 Å². The standard InChI is InChI=1S/C29H26ClN5O4S/c1-20-8-15-27-32-21(2)28(35(27)17-20)29(36)33-31-16-24-11-12-25(39-24)19-34(18-22-6-4-3-5-7-22)40(37,38)26-13-9-23(30)10-14-26/h3-17H,18-19H2,1-2H3,(H,33,36)/b31-16+. The largest absolute Gasteiger partial charge is 0.459 e. The second-order valence-electron chi connectivity index (χ2n) is 9.20. The summed E-state index contributed by atoms with van der Waals surface area (Å²) in [5.41, 5.74) is 5.97. The van der Waals surface area contributed by atoms with Crippen molar-refractivity contribution in [3.05, 3.63) is 124 Å². The van der Waals surface area contributed by atoms with E-state index in [1.54, 1.807) is 35.6 Å². The zero-order chi connectivity index (χ0) is 28.3. The average molecular weight is 576 g/mol. The van der Waals surface area contributed by atoms with Crippen LogP contribution in [0.1, 0.15) is 38.8 Å². The molecule has 0 atom stereocenters. The number of nitrogens with one attached hydrogen (secondary N) is 1. The molecule has 0 saturated heterocycles. The molecule has 3 heterocycles. The second-order valence-corrected chi connectivity index (χ2v) is 11.6. The zero-order valence-electron chi connectivity index (χ0n) is 21.8. The maximum Gasteiger partial charge on any atom is 0.290 e. The molecule has 1 N–H and O–H groups in total. The van der Waals surface area contributed by atoms with Gasteiger partial charge in [-0.2, -0.15) is 9.41 Å². The Morgan fingerprint density at radius 1 is 1.02 bits per heavy atom. The molecule has 0 unspecified atom stereocenters. The summed E-state index contributed by atoms with van der Waals surface area (Å²) in [5, 5.41) is 4.48. The molecule has 0 fully saturated rings. The summed E-state index contributed by atoms with van der Waals surface area (Å²) in [6, 6.07) is 22.5. The Morgan fingerprint density at radius 3 is 2.52 bits per heavy atom. The number of hydrazone groups is 1. The van der Waals surface area contributed by atoms with E-state index in [2.05, 4.69) is 15.5 Å². The molecule has 9 nitrogen and oxygen atoms in total. The number of sulfonamides is 1. The van der Waals surface area contributed by atoms with Gasteiger partial charge in [0.25, 0.3) is 5.91 Å². The normalized spacial score (nSPS) is 12.0. The maximum absolute atomic E-state index is 13.5. The van der Waals surface area contributed by atoms with E-state index in [1.165, 1.54) is 22.7 Å². The molecular weight excluding hydrogens is 550 g/mol. The van der Waals surface area contributed by atoms with Crippen molar-refractivity contribution in [1.29, 1.82) is 0 Å². The number of hydrogen-bond donors (Lipinski definition) is 1. The van der Waals surface area contributed by atoms with Crippen molar-refractivity contribution in [2.75, 3.05) is 0 Å². The number of carbonyl (C=O) groups is 1. The van der Waals surface area contributed by atoms with E-state index in [1.807, 2.05) is 55.6 Å². The van der Waals surface area contributed by atoms with Gasteiger partial charge in [-0.25, -0.2) is 18.8 Å². The highest BCUT2D eigenvalue weighted by molar-refractivity contribution is 7.89. The number of benzene rings is 2. The fraction of sp³-hybridized carbons (Fsp3) is 0.138. The number of carbonyl (C=O) groups excluding carboxylic acids is 1. The quantitative estimate of drug-likeness (QED) is 0.188. The van der Waals surface area contributed by atoms with Gasteiger partial charge in [0, 0.05) is 17.8 Å². The number of fused-ring (bicyclic) bond motifs is 1. The molecule has 1 amide bonds.